The molecule has 1 aromatic rings. The van der Waals surface area contributed by atoms with Crippen LogP contribution in [0.2, 0.25) is 0 Å². The van der Waals surface area contributed by atoms with Crippen LogP contribution in [-0.2, 0) is 0 Å². The van der Waals surface area contributed by atoms with Gasteiger partial charge in [-0.25, -0.2) is 0 Å². The summed E-state index contributed by atoms with van der Waals surface area (Å²) in [6, 6.07) is 6.08. The maximum atomic E-state index is 6.35. The largest absolute Gasteiger partial charge is 0.493 e. The van der Waals surface area contributed by atoms with Crippen LogP contribution in [0.3, 0.4) is 0 Å². The first kappa shape index (κ1) is 15.4. The highest BCUT2D eigenvalue weighted by atomic mass is 16.5. The van der Waals surface area contributed by atoms with Crippen molar-refractivity contribution in [2.45, 2.75) is 31.8 Å². The maximum Gasteiger partial charge on any atom is 0.141 e. The number of hydrogen-bond donors (Lipinski definition) is 1. The first-order valence-electron chi connectivity index (χ1n) is 8.33. The van der Waals surface area contributed by atoms with Gasteiger partial charge in [-0.15, -0.1) is 0 Å². The predicted octanol–water partition coefficient (Wildman–Crippen LogP) is 2.67. The highest BCUT2D eigenvalue weighted by Gasteiger charge is 2.40. The van der Waals surface area contributed by atoms with Gasteiger partial charge in [-0.1, -0.05) is 19.4 Å². The molecule has 2 N–H and O–H groups in total. The number of hydrogen-bond acceptors (Lipinski definition) is 4. The Labute approximate surface area is 132 Å². The van der Waals surface area contributed by atoms with Crippen LogP contribution in [0.1, 0.15) is 31.7 Å². The van der Waals surface area contributed by atoms with Crippen molar-refractivity contribution < 1.29 is 9.47 Å². The number of unbranched alkanes of at least 4 members (excludes halogenated alkanes) is 1. The average Bonchev–Trinajstić information content (AvgIpc) is 2.90. The van der Waals surface area contributed by atoms with Gasteiger partial charge in [0.25, 0.3) is 0 Å². The van der Waals surface area contributed by atoms with Crippen LogP contribution < -0.4 is 15.2 Å². The van der Waals surface area contributed by atoms with Crippen LogP contribution in [0.5, 0.6) is 11.5 Å². The molecule has 0 saturated carbocycles. The molecular formula is C18H26N2O2. The number of fused-ring (bicyclic) bond motifs is 1. The van der Waals surface area contributed by atoms with Crippen molar-refractivity contribution >= 4 is 6.08 Å². The van der Waals surface area contributed by atoms with Crippen molar-refractivity contribution in [2.75, 3.05) is 32.8 Å². The van der Waals surface area contributed by atoms with E-state index in [-0.39, 0.29) is 5.60 Å². The fraction of sp³-hybridized carbons (Fsp3) is 0.556. The average molecular weight is 302 g/mol. The van der Waals surface area contributed by atoms with Gasteiger partial charge >= 0.3 is 0 Å². The molecule has 2 aliphatic rings. The molecule has 4 heteroatoms. The smallest absolute Gasteiger partial charge is 0.141 e. The SMILES string of the molecule is CCCCOc1cccc2c1C=CC1(CCN(CCN)C1)O2. The maximum absolute atomic E-state index is 6.35. The molecule has 0 aromatic heterocycles. The van der Waals surface area contributed by atoms with Crippen LogP contribution in [0.15, 0.2) is 24.3 Å². The van der Waals surface area contributed by atoms with Gasteiger partial charge in [0.1, 0.15) is 17.1 Å². The second-order valence-corrected chi connectivity index (χ2v) is 6.18. The number of rotatable bonds is 6. The summed E-state index contributed by atoms with van der Waals surface area (Å²) in [4.78, 5) is 2.37. The standard InChI is InChI=1S/C18H26N2O2/c1-2-3-13-21-16-5-4-6-17-15(16)7-8-18(22-17)9-11-20(14-18)12-10-19/h4-8H,2-3,9-14,19H2,1H3. The quantitative estimate of drug-likeness (QED) is 0.821. The molecule has 1 aromatic carbocycles. The predicted molar refractivity (Wildman–Crippen MR) is 89.3 cm³/mol. The molecule has 1 saturated heterocycles. The van der Waals surface area contributed by atoms with E-state index in [9.17, 15) is 0 Å². The van der Waals surface area contributed by atoms with Crippen LogP contribution in [0.25, 0.3) is 6.08 Å². The summed E-state index contributed by atoms with van der Waals surface area (Å²) in [5, 5.41) is 0. The molecular weight excluding hydrogens is 276 g/mol. The van der Waals surface area contributed by atoms with Crippen molar-refractivity contribution in [1.82, 2.24) is 4.90 Å². The second-order valence-electron chi connectivity index (χ2n) is 6.18. The molecule has 1 unspecified atom stereocenters. The highest BCUT2D eigenvalue weighted by molar-refractivity contribution is 5.67. The van der Waals surface area contributed by atoms with E-state index in [0.717, 1.165) is 62.6 Å². The van der Waals surface area contributed by atoms with E-state index >= 15 is 0 Å². The normalized spacial score (nSPS) is 23.5. The first-order chi connectivity index (χ1) is 10.8. The van der Waals surface area contributed by atoms with Crippen molar-refractivity contribution in [1.29, 1.82) is 0 Å². The summed E-state index contributed by atoms with van der Waals surface area (Å²) in [6.45, 7) is 6.53. The van der Waals surface area contributed by atoms with E-state index in [1.165, 1.54) is 0 Å². The van der Waals surface area contributed by atoms with Crippen LogP contribution in [0, 0.1) is 0 Å². The molecule has 1 spiro atoms. The van der Waals surface area contributed by atoms with Gasteiger partial charge in [-0.05, 0) is 30.7 Å². The molecule has 4 nitrogen and oxygen atoms in total. The van der Waals surface area contributed by atoms with Gasteiger partial charge < -0.3 is 15.2 Å². The number of likely N-dealkylation sites (tertiary alicyclic amines) is 1. The summed E-state index contributed by atoms with van der Waals surface area (Å²) in [5.41, 5.74) is 6.54. The summed E-state index contributed by atoms with van der Waals surface area (Å²) >= 11 is 0. The molecule has 2 aliphatic heterocycles. The van der Waals surface area contributed by atoms with Crippen molar-refractivity contribution in [3.63, 3.8) is 0 Å². The first-order valence-corrected chi connectivity index (χ1v) is 8.33. The fourth-order valence-electron chi connectivity index (χ4n) is 3.19. The third kappa shape index (κ3) is 3.13. The number of nitrogens with two attached hydrogens (primary N) is 1. The molecule has 1 atom stereocenters. The fourth-order valence-corrected chi connectivity index (χ4v) is 3.19. The topological polar surface area (TPSA) is 47.7 Å². The molecule has 0 radical (unpaired) electrons. The summed E-state index contributed by atoms with van der Waals surface area (Å²) in [5.74, 6) is 1.86. The summed E-state index contributed by atoms with van der Waals surface area (Å²) in [6.07, 6.45) is 7.61. The van der Waals surface area contributed by atoms with E-state index in [0.29, 0.717) is 6.54 Å². The Morgan fingerprint density at radius 1 is 1.41 bits per heavy atom. The van der Waals surface area contributed by atoms with E-state index in [1.807, 2.05) is 18.2 Å². The van der Waals surface area contributed by atoms with E-state index in [4.69, 9.17) is 15.2 Å². The van der Waals surface area contributed by atoms with Crippen molar-refractivity contribution in [3.8, 4) is 11.5 Å². The molecule has 0 bridgehead atoms. The summed E-state index contributed by atoms with van der Waals surface area (Å²) < 4.78 is 12.3. The van der Waals surface area contributed by atoms with Gasteiger partial charge in [0.2, 0.25) is 0 Å². The van der Waals surface area contributed by atoms with E-state index in [1.54, 1.807) is 0 Å². The van der Waals surface area contributed by atoms with Crippen LogP contribution in [-0.4, -0.2) is 43.3 Å². The Hall–Kier alpha value is -1.52. The monoisotopic (exact) mass is 302 g/mol. The number of benzene rings is 1. The molecule has 3 rings (SSSR count). The van der Waals surface area contributed by atoms with Crippen molar-refractivity contribution in [2.24, 2.45) is 5.73 Å². The molecule has 0 aliphatic carbocycles. The van der Waals surface area contributed by atoms with Gasteiger partial charge in [-0.2, -0.15) is 0 Å². The van der Waals surface area contributed by atoms with E-state index in [2.05, 4.69) is 24.0 Å². The lowest BCUT2D eigenvalue weighted by atomic mass is 9.97. The third-order valence-corrected chi connectivity index (χ3v) is 4.44. The van der Waals surface area contributed by atoms with Crippen LogP contribution in [0.4, 0.5) is 0 Å². The Morgan fingerprint density at radius 2 is 2.32 bits per heavy atom. The van der Waals surface area contributed by atoms with Gasteiger partial charge in [0.15, 0.2) is 0 Å². The van der Waals surface area contributed by atoms with Gasteiger partial charge in [-0.3, -0.25) is 4.90 Å². The number of ether oxygens (including phenoxy) is 2. The third-order valence-electron chi connectivity index (χ3n) is 4.44. The minimum absolute atomic E-state index is 0.190. The zero-order valence-electron chi connectivity index (χ0n) is 13.4. The highest BCUT2D eigenvalue weighted by Crippen LogP contribution is 2.40. The lowest BCUT2D eigenvalue weighted by Crippen LogP contribution is -2.39. The van der Waals surface area contributed by atoms with E-state index < -0.39 is 0 Å². The van der Waals surface area contributed by atoms with Gasteiger partial charge in [0, 0.05) is 32.6 Å². The molecule has 22 heavy (non-hydrogen) atoms. The van der Waals surface area contributed by atoms with Crippen molar-refractivity contribution in [3.05, 3.63) is 29.8 Å². The molecule has 0 amide bonds. The number of nitrogens with zero attached hydrogens (tertiary/aromatic N) is 1. The zero-order valence-corrected chi connectivity index (χ0v) is 13.4. The Balaban J connectivity index is 1.74. The summed E-state index contributed by atoms with van der Waals surface area (Å²) in [7, 11) is 0. The second kappa shape index (κ2) is 6.71. The Bertz CT molecular complexity index is 544. The molecule has 2 heterocycles. The van der Waals surface area contributed by atoms with Gasteiger partial charge in [0.05, 0.1) is 12.2 Å². The molecule has 120 valence electrons. The zero-order chi connectivity index (χ0) is 15.4. The lowest BCUT2D eigenvalue weighted by molar-refractivity contribution is 0.123. The van der Waals surface area contributed by atoms with Crippen LogP contribution >= 0.6 is 0 Å². The lowest BCUT2D eigenvalue weighted by Gasteiger charge is -2.32. The minimum atomic E-state index is -0.190. The Kier molecular flexibility index (Phi) is 4.69. The minimum Gasteiger partial charge on any atom is -0.493 e. The Morgan fingerprint density at radius 3 is 3.14 bits per heavy atom. The molecule has 1 fully saturated rings.